The second kappa shape index (κ2) is 7.84. The Hall–Kier alpha value is -1.52. The molecule has 0 radical (unpaired) electrons. The van der Waals surface area contributed by atoms with Crippen LogP contribution in [-0.4, -0.2) is 18.8 Å². The molecule has 3 rings (SSSR count). The molecule has 118 valence electrons. The van der Waals surface area contributed by atoms with Gasteiger partial charge in [-0.15, -0.1) is 0 Å². The van der Waals surface area contributed by atoms with E-state index in [0.717, 1.165) is 0 Å². The van der Waals surface area contributed by atoms with Crippen LogP contribution in [0.3, 0.4) is 0 Å². The first-order chi connectivity index (χ1) is 11.4. The molecule has 3 aromatic carbocycles. The van der Waals surface area contributed by atoms with Gasteiger partial charge in [-0.3, -0.25) is 0 Å². The van der Waals surface area contributed by atoms with Crippen molar-refractivity contribution in [2.45, 2.75) is 24.1 Å². The SMILES string of the molecule is CCC[CH2][SbH]([c]1ccccc1)([c]1ccccc1)[c]1ccccc1. The molecule has 0 N–H and O–H groups in total. The fraction of sp³-hybridized carbons (Fsp3) is 0.182. The minimum atomic E-state index is -2.90. The Labute approximate surface area is 144 Å². The second-order valence-corrected chi connectivity index (χ2v) is 17.6. The quantitative estimate of drug-likeness (QED) is 0.543. The number of hydrogen-bond acceptors (Lipinski definition) is 0. The van der Waals surface area contributed by atoms with Crippen LogP contribution in [-0.2, 0) is 0 Å². The van der Waals surface area contributed by atoms with E-state index in [-0.39, 0.29) is 0 Å². The molecule has 3 aromatic rings. The number of rotatable bonds is 6. The number of hydrogen-bond donors (Lipinski definition) is 0. The first-order valence-electron chi connectivity index (χ1n) is 8.54. The maximum atomic E-state index is 2.37. The predicted octanol–water partition coefficient (Wildman–Crippen LogP) is 3.69. The van der Waals surface area contributed by atoms with E-state index in [0.29, 0.717) is 0 Å². The van der Waals surface area contributed by atoms with Gasteiger partial charge in [-0.25, -0.2) is 0 Å². The topological polar surface area (TPSA) is 0 Å². The van der Waals surface area contributed by atoms with Gasteiger partial charge in [0.25, 0.3) is 0 Å². The Balaban J connectivity index is 2.25. The molecule has 0 bridgehead atoms. The van der Waals surface area contributed by atoms with Crippen LogP contribution in [0.4, 0.5) is 0 Å². The molecule has 0 fully saturated rings. The van der Waals surface area contributed by atoms with Crippen LogP contribution in [0.2, 0.25) is 4.37 Å². The third-order valence-corrected chi connectivity index (χ3v) is 19.1. The monoisotopic (exact) mass is 410 g/mol. The van der Waals surface area contributed by atoms with Gasteiger partial charge in [0.05, 0.1) is 0 Å². The van der Waals surface area contributed by atoms with Gasteiger partial charge in [-0.05, 0) is 0 Å². The summed E-state index contributed by atoms with van der Waals surface area (Å²) in [6, 6.07) is 33.8. The first kappa shape index (κ1) is 16.3. The van der Waals surface area contributed by atoms with Crippen molar-refractivity contribution < 1.29 is 0 Å². The Morgan fingerprint density at radius 3 is 1.22 bits per heavy atom. The zero-order valence-corrected chi connectivity index (χ0v) is 16.6. The van der Waals surface area contributed by atoms with Crippen LogP contribution in [0.25, 0.3) is 0 Å². The van der Waals surface area contributed by atoms with Crippen molar-refractivity contribution in [3.05, 3.63) is 91.0 Å². The normalized spacial score (nSPS) is 12.0. The molecule has 0 aliphatic heterocycles. The standard InChI is InChI=1S/3C6H5.C4H9.Sb.H/c3*1-2-4-6-5-3-1;1-3-4-2;;/h3*1-5H;1,3-4H2,2H3;;. The molecule has 1 heteroatoms. The molecular formula is C22H25Sb. The molecule has 0 amide bonds. The van der Waals surface area contributed by atoms with Crippen LogP contribution < -0.4 is 10.5 Å². The number of benzene rings is 3. The van der Waals surface area contributed by atoms with E-state index in [1.807, 2.05) is 0 Å². The van der Waals surface area contributed by atoms with E-state index >= 15 is 0 Å². The third-order valence-electron chi connectivity index (χ3n) is 4.71. The van der Waals surface area contributed by atoms with Crippen molar-refractivity contribution in [3.8, 4) is 0 Å². The van der Waals surface area contributed by atoms with E-state index in [2.05, 4.69) is 97.9 Å². The van der Waals surface area contributed by atoms with Gasteiger partial charge >= 0.3 is 144 Å². The van der Waals surface area contributed by atoms with E-state index in [1.54, 1.807) is 10.5 Å². The first-order valence-corrected chi connectivity index (χ1v) is 14.8. The van der Waals surface area contributed by atoms with Crippen LogP contribution in [0.1, 0.15) is 19.8 Å². The zero-order chi connectivity index (χ0) is 16.0. The van der Waals surface area contributed by atoms with Crippen molar-refractivity contribution >= 4 is 29.3 Å². The summed E-state index contributed by atoms with van der Waals surface area (Å²) in [5.74, 6) is 0. The van der Waals surface area contributed by atoms with Gasteiger partial charge in [0.15, 0.2) is 0 Å². The summed E-state index contributed by atoms with van der Waals surface area (Å²) in [6.07, 6.45) is 2.56. The third kappa shape index (κ3) is 3.38. The molecule has 0 heterocycles. The molecule has 0 atom stereocenters. The van der Waals surface area contributed by atoms with Gasteiger partial charge in [0, 0.05) is 0 Å². The molecule has 0 aliphatic rings. The van der Waals surface area contributed by atoms with Gasteiger partial charge in [0.2, 0.25) is 0 Å². The molecule has 0 aliphatic carbocycles. The fourth-order valence-electron chi connectivity index (χ4n) is 3.54. The van der Waals surface area contributed by atoms with Crippen molar-refractivity contribution in [2.24, 2.45) is 0 Å². The average molecular weight is 411 g/mol. The molecule has 0 saturated carbocycles. The number of unbranched alkanes of at least 4 members (excludes halogenated alkanes) is 1. The van der Waals surface area contributed by atoms with Gasteiger partial charge in [-0.1, -0.05) is 0 Å². The van der Waals surface area contributed by atoms with Crippen LogP contribution >= 0.6 is 0 Å². The summed E-state index contributed by atoms with van der Waals surface area (Å²) in [6.45, 7) is 2.30. The summed E-state index contributed by atoms with van der Waals surface area (Å²) in [4.78, 5) is 0. The van der Waals surface area contributed by atoms with Crippen molar-refractivity contribution in [2.75, 3.05) is 0 Å². The summed E-state index contributed by atoms with van der Waals surface area (Å²) in [5, 5.41) is 0. The van der Waals surface area contributed by atoms with Gasteiger partial charge < -0.3 is 0 Å². The molecule has 0 spiro atoms. The Morgan fingerprint density at radius 2 is 0.913 bits per heavy atom. The fourth-order valence-corrected chi connectivity index (χ4v) is 17.9. The van der Waals surface area contributed by atoms with Gasteiger partial charge in [-0.2, -0.15) is 0 Å². The Bertz CT molecular complexity index is 608. The van der Waals surface area contributed by atoms with Crippen molar-refractivity contribution in [3.63, 3.8) is 0 Å². The summed E-state index contributed by atoms with van der Waals surface area (Å²) in [5.41, 5.74) is 0. The Kier molecular flexibility index (Phi) is 5.57. The summed E-state index contributed by atoms with van der Waals surface area (Å²) < 4.78 is 6.11. The average Bonchev–Trinajstić information content (AvgIpc) is 2.65. The summed E-state index contributed by atoms with van der Waals surface area (Å²) in [7, 11) is 0. The van der Waals surface area contributed by atoms with Crippen LogP contribution in [0.15, 0.2) is 91.0 Å². The predicted molar refractivity (Wildman–Crippen MR) is 105 cm³/mol. The second-order valence-electron chi connectivity index (χ2n) is 6.11. The van der Waals surface area contributed by atoms with Crippen molar-refractivity contribution in [1.29, 1.82) is 0 Å². The van der Waals surface area contributed by atoms with Crippen LogP contribution in [0, 0.1) is 0 Å². The molecule has 0 aromatic heterocycles. The summed E-state index contributed by atoms with van der Waals surface area (Å²) >= 11 is -2.90. The molecule has 0 unspecified atom stereocenters. The van der Waals surface area contributed by atoms with E-state index in [9.17, 15) is 0 Å². The Morgan fingerprint density at radius 1 is 0.565 bits per heavy atom. The molecule has 0 nitrogen and oxygen atoms in total. The molecular weight excluding hydrogens is 386 g/mol. The minimum absolute atomic E-state index is 1.26. The van der Waals surface area contributed by atoms with E-state index in [1.165, 1.54) is 17.2 Å². The van der Waals surface area contributed by atoms with Gasteiger partial charge in [0.1, 0.15) is 0 Å². The maximum absolute atomic E-state index is 2.90. The molecule has 23 heavy (non-hydrogen) atoms. The van der Waals surface area contributed by atoms with Crippen molar-refractivity contribution in [1.82, 2.24) is 0 Å². The van der Waals surface area contributed by atoms with E-state index < -0.39 is 18.8 Å². The molecule has 0 saturated heterocycles. The van der Waals surface area contributed by atoms with Crippen LogP contribution in [0.5, 0.6) is 0 Å². The zero-order valence-electron chi connectivity index (χ0n) is 13.8. The van der Waals surface area contributed by atoms with E-state index in [4.69, 9.17) is 0 Å².